The summed E-state index contributed by atoms with van der Waals surface area (Å²) in [7, 11) is 1.85. The van der Waals surface area contributed by atoms with Crippen LogP contribution in [0.2, 0.25) is 5.15 Å². The maximum Gasteiger partial charge on any atom is 0.126 e. The molecule has 0 fully saturated rings. The molecule has 0 N–H and O–H groups in total. The molecule has 0 aromatic carbocycles. The Labute approximate surface area is 79.7 Å². The fourth-order valence-corrected chi connectivity index (χ4v) is 1.31. The second kappa shape index (κ2) is 4.12. The Morgan fingerprint density at radius 2 is 2.45 bits per heavy atom. The number of hydrogen-bond acceptors (Lipinski definition) is 1. The third kappa shape index (κ3) is 2.49. The van der Waals surface area contributed by atoms with Gasteiger partial charge in [-0.25, -0.2) is 0 Å². The van der Waals surface area contributed by atoms with Crippen molar-refractivity contribution in [3.8, 4) is 0 Å². The first-order chi connectivity index (χ1) is 5.24. The highest BCUT2D eigenvalue weighted by atomic mass is 79.9. The van der Waals surface area contributed by atoms with Gasteiger partial charge in [0.2, 0.25) is 0 Å². The number of rotatable bonds is 3. The average molecular weight is 238 g/mol. The van der Waals surface area contributed by atoms with Gasteiger partial charge >= 0.3 is 0 Å². The van der Waals surface area contributed by atoms with Crippen LogP contribution in [0.3, 0.4) is 0 Å². The zero-order chi connectivity index (χ0) is 8.27. The minimum absolute atomic E-state index is 0.703. The van der Waals surface area contributed by atoms with Crippen LogP contribution in [0.25, 0.3) is 0 Å². The van der Waals surface area contributed by atoms with Crippen LogP contribution in [-0.4, -0.2) is 15.1 Å². The van der Waals surface area contributed by atoms with E-state index in [1.165, 1.54) is 0 Å². The highest BCUT2D eigenvalue weighted by molar-refractivity contribution is 9.09. The van der Waals surface area contributed by atoms with Gasteiger partial charge in [-0.1, -0.05) is 27.5 Å². The van der Waals surface area contributed by atoms with Crippen LogP contribution in [-0.2, 0) is 13.5 Å². The molecule has 0 bridgehead atoms. The molecule has 2 nitrogen and oxygen atoms in total. The molecule has 0 atom stereocenters. The maximum atomic E-state index is 5.80. The van der Waals surface area contributed by atoms with E-state index in [9.17, 15) is 0 Å². The summed E-state index contributed by atoms with van der Waals surface area (Å²) in [6.45, 7) is 0. The van der Waals surface area contributed by atoms with E-state index in [1.807, 2.05) is 13.1 Å². The summed E-state index contributed by atoms with van der Waals surface area (Å²) < 4.78 is 1.69. The number of aryl methyl sites for hydroxylation is 2. The van der Waals surface area contributed by atoms with E-state index in [1.54, 1.807) is 4.68 Å². The molecule has 4 heteroatoms. The minimum atomic E-state index is 0.703. The van der Waals surface area contributed by atoms with E-state index < -0.39 is 0 Å². The zero-order valence-corrected chi connectivity index (χ0v) is 8.69. The van der Waals surface area contributed by atoms with E-state index in [2.05, 4.69) is 21.0 Å². The van der Waals surface area contributed by atoms with Gasteiger partial charge in [-0.05, 0) is 18.9 Å². The van der Waals surface area contributed by atoms with Crippen molar-refractivity contribution in [3.05, 3.63) is 16.9 Å². The molecular formula is C7H10BrClN2. The van der Waals surface area contributed by atoms with Crippen molar-refractivity contribution in [2.45, 2.75) is 12.8 Å². The van der Waals surface area contributed by atoms with E-state index in [0.717, 1.165) is 23.9 Å². The molecule has 0 radical (unpaired) electrons. The smallest absolute Gasteiger partial charge is 0.126 e. The lowest BCUT2D eigenvalue weighted by molar-refractivity contribution is 0.735. The van der Waals surface area contributed by atoms with Gasteiger partial charge in [-0.2, -0.15) is 5.10 Å². The Hall–Kier alpha value is -0.0200. The SMILES string of the molecule is Cn1nc(CCCBr)cc1Cl. The van der Waals surface area contributed by atoms with Crippen LogP contribution < -0.4 is 0 Å². The molecular weight excluding hydrogens is 227 g/mol. The molecule has 1 aromatic rings. The first-order valence-electron chi connectivity index (χ1n) is 3.48. The molecule has 1 heterocycles. The predicted octanol–water partition coefficient (Wildman–Crippen LogP) is 2.40. The van der Waals surface area contributed by atoms with Gasteiger partial charge in [0.05, 0.1) is 5.69 Å². The second-order valence-electron chi connectivity index (χ2n) is 2.37. The molecule has 1 rings (SSSR count). The van der Waals surface area contributed by atoms with Crippen LogP contribution in [0, 0.1) is 0 Å². The van der Waals surface area contributed by atoms with Crippen molar-refractivity contribution < 1.29 is 0 Å². The molecule has 0 saturated heterocycles. The van der Waals surface area contributed by atoms with Crippen LogP contribution in [0.15, 0.2) is 6.07 Å². The fourth-order valence-electron chi connectivity index (χ4n) is 0.870. The van der Waals surface area contributed by atoms with Crippen LogP contribution in [0.5, 0.6) is 0 Å². The van der Waals surface area contributed by atoms with Crippen LogP contribution >= 0.6 is 27.5 Å². The second-order valence-corrected chi connectivity index (χ2v) is 3.55. The van der Waals surface area contributed by atoms with Crippen molar-refractivity contribution in [3.63, 3.8) is 0 Å². The third-order valence-corrected chi connectivity index (χ3v) is 2.35. The third-order valence-electron chi connectivity index (χ3n) is 1.44. The van der Waals surface area contributed by atoms with Crippen molar-refractivity contribution in [2.75, 3.05) is 5.33 Å². The largest absolute Gasteiger partial charge is 0.257 e. The predicted molar refractivity (Wildman–Crippen MR) is 50.3 cm³/mol. The molecule has 0 aliphatic rings. The lowest BCUT2D eigenvalue weighted by Gasteiger charge is -1.90. The molecule has 0 aliphatic heterocycles. The minimum Gasteiger partial charge on any atom is -0.257 e. The normalized spacial score (nSPS) is 10.5. The van der Waals surface area contributed by atoms with Gasteiger partial charge < -0.3 is 0 Å². The summed E-state index contributed by atoms with van der Waals surface area (Å²) in [5, 5.41) is 5.93. The maximum absolute atomic E-state index is 5.80. The molecule has 0 spiro atoms. The Morgan fingerprint density at radius 1 is 1.73 bits per heavy atom. The van der Waals surface area contributed by atoms with Crippen molar-refractivity contribution >= 4 is 27.5 Å². The standard InChI is InChI=1S/C7H10BrClN2/c1-11-7(9)5-6(10-11)3-2-4-8/h5H,2-4H2,1H3. The number of aromatic nitrogens is 2. The number of hydrogen-bond donors (Lipinski definition) is 0. The summed E-state index contributed by atoms with van der Waals surface area (Å²) in [6.07, 6.45) is 2.10. The highest BCUT2D eigenvalue weighted by Crippen LogP contribution is 2.10. The monoisotopic (exact) mass is 236 g/mol. The van der Waals surface area contributed by atoms with Gasteiger partial charge in [0.25, 0.3) is 0 Å². The summed E-state index contributed by atoms with van der Waals surface area (Å²) in [5.41, 5.74) is 1.07. The molecule has 0 amide bonds. The summed E-state index contributed by atoms with van der Waals surface area (Å²) in [5.74, 6) is 0. The van der Waals surface area contributed by atoms with Crippen molar-refractivity contribution in [2.24, 2.45) is 7.05 Å². The van der Waals surface area contributed by atoms with Gasteiger partial charge in [-0.15, -0.1) is 0 Å². The topological polar surface area (TPSA) is 17.8 Å². The van der Waals surface area contributed by atoms with E-state index >= 15 is 0 Å². The zero-order valence-electron chi connectivity index (χ0n) is 6.35. The fraction of sp³-hybridized carbons (Fsp3) is 0.571. The lowest BCUT2D eigenvalue weighted by atomic mass is 10.3. The Kier molecular flexibility index (Phi) is 3.40. The number of halogens is 2. The first-order valence-corrected chi connectivity index (χ1v) is 4.98. The average Bonchev–Trinajstić information content (AvgIpc) is 2.28. The summed E-state index contributed by atoms with van der Waals surface area (Å²) >= 11 is 9.16. The lowest BCUT2D eigenvalue weighted by Crippen LogP contribution is -1.92. The summed E-state index contributed by atoms with van der Waals surface area (Å²) in [6, 6.07) is 1.91. The van der Waals surface area contributed by atoms with Crippen molar-refractivity contribution in [1.82, 2.24) is 9.78 Å². The molecule has 0 unspecified atom stereocenters. The van der Waals surface area contributed by atoms with Crippen molar-refractivity contribution in [1.29, 1.82) is 0 Å². The molecule has 0 saturated carbocycles. The van der Waals surface area contributed by atoms with Gasteiger partial charge in [0, 0.05) is 12.4 Å². The highest BCUT2D eigenvalue weighted by Gasteiger charge is 2.00. The van der Waals surface area contributed by atoms with Gasteiger partial charge in [0.15, 0.2) is 0 Å². The van der Waals surface area contributed by atoms with E-state index in [-0.39, 0.29) is 0 Å². The first kappa shape index (κ1) is 9.07. The van der Waals surface area contributed by atoms with E-state index in [4.69, 9.17) is 11.6 Å². The molecule has 0 aliphatic carbocycles. The van der Waals surface area contributed by atoms with Gasteiger partial charge in [-0.3, -0.25) is 4.68 Å². The van der Waals surface area contributed by atoms with Crippen LogP contribution in [0.4, 0.5) is 0 Å². The molecule has 1 aromatic heterocycles. The number of nitrogens with zero attached hydrogens (tertiary/aromatic N) is 2. The summed E-state index contributed by atoms with van der Waals surface area (Å²) in [4.78, 5) is 0. The van der Waals surface area contributed by atoms with Gasteiger partial charge in [0.1, 0.15) is 5.15 Å². The Bertz CT molecular complexity index is 215. The molecule has 11 heavy (non-hydrogen) atoms. The van der Waals surface area contributed by atoms with E-state index in [0.29, 0.717) is 5.15 Å². The molecule has 62 valence electrons. The van der Waals surface area contributed by atoms with Crippen LogP contribution in [0.1, 0.15) is 12.1 Å². The quantitative estimate of drug-likeness (QED) is 0.738. The Morgan fingerprint density at radius 3 is 2.91 bits per heavy atom. The number of alkyl halides is 1. The Balaban J connectivity index is 2.58.